The number of carbonyl (C=O) groups is 1. The molecular formula is C17H14ClFN6O. The number of hydrogen-bond acceptors (Lipinski definition) is 5. The van der Waals surface area contributed by atoms with Crippen molar-refractivity contribution in [3.8, 4) is 5.82 Å². The highest BCUT2D eigenvalue weighted by Crippen LogP contribution is 2.25. The lowest BCUT2D eigenvalue weighted by Crippen LogP contribution is -2.52. The van der Waals surface area contributed by atoms with Crippen LogP contribution in [-0.2, 0) is 4.79 Å². The van der Waals surface area contributed by atoms with Crippen molar-refractivity contribution in [3.05, 3.63) is 59.9 Å². The Hall–Kier alpha value is -3.00. The predicted molar refractivity (Wildman–Crippen MR) is 94.9 cm³/mol. The van der Waals surface area contributed by atoms with Crippen LogP contribution in [0.15, 0.2) is 49.1 Å². The lowest BCUT2D eigenvalue weighted by Gasteiger charge is -2.39. The maximum atomic E-state index is 13.2. The van der Waals surface area contributed by atoms with E-state index in [1.54, 1.807) is 17.1 Å². The second-order valence-electron chi connectivity index (χ2n) is 5.91. The van der Waals surface area contributed by atoms with Crippen LogP contribution in [0.1, 0.15) is 0 Å². The molecule has 0 radical (unpaired) electrons. The average Bonchev–Trinajstić information content (AvgIpc) is 3.12. The van der Waals surface area contributed by atoms with Crippen molar-refractivity contribution >= 4 is 29.0 Å². The van der Waals surface area contributed by atoms with Gasteiger partial charge in [-0.15, -0.1) is 0 Å². The fraction of sp³-hybridized carbons (Fsp3) is 0.176. The third kappa shape index (κ3) is 3.23. The second-order valence-corrected chi connectivity index (χ2v) is 6.31. The van der Waals surface area contributed by atoms with Gasteiger partial charge in [0.2, 0.25) is 5.91 Å². The van der Waals surface area contributed by atoms with Crippen molar-refractivity contribution in [1.29, 1.82) is 0 Å². The first-order valence-corrected chi connectivity index (χ1v) is 8.31. The van der Waals surface area contributed by atoms with Gasteiger partial charge in [0.25, 0.3) is 0 Å². The van der Waals surface area contributed by atoms with Gasteiger partial charge in [-0.25, -0.2) is 19.0 Å². The van der Waals surface area contributed by atoms with Gasteiger partial charge in [-0.1, -0.05) is 11.6 Å². The molecule has 4 rings (SSSR count). The van der Waals surface area contributed by atoms with Crippen LogP contribution < -0.4 is 10.2 Å². The van der Waals surface area contributed by atoms with Crippen molar-refractivity contribution in [1.82, 2.24) is 19.7 Å². The predicted octanol–water partition coefficient (Wildman–Crippen LogP) is 2.53. The van der Waals surface area contributed by atoms with E-state index in [4.69, 9.17) is 11.6 Å². The summed E-state index contributed by atoms with van der Waals surface area (Å²) in [5.74, 6) is 0.566. The van der Waals surface area contributed by atoms with E-state index in [1.807, 2.05) is 17.0 Å². The number of nitrogens with one attached hydrogen (secondary N) is 1. The Balaban J connectivity index is 1.38. The van der Waals surface area contributed by atoms with Crippen LogP contribution in [0.3, 0.4) is 0 Å². The third-order valence-electron chi connectivity index (χ3n) is 4.14. The molecule has 132 valence electrons. The van der Waals surface area contributed by atoms with E-state index in [0.29, 0.717) is 24.6 Å². The second kappa shape index (κ2) is 6.72. The van der Waals surface area contributed by atoms with E-state index in [2.05, 4.69) is 20.4 Å². The highest BCUT2D eigenvalue weighted by atomic mass is 35.5. The Morgan fingerprint density at radius 1 is 1.23 bits per heavy atom. The highest BCUT2D eigenvalue weighted by Gasteiger charge is 2.33. The first-order chi connectivity index (χ1) is 12.6. The zero-order valence-corrected chi connectivity index (χ0v) is 14.3. The molecule has 1 aliphatic heterocycles. The summed E-state index contributed by atoms with van der Waals surface area (Å²) in [4.78, 5) is 22.7. The van der Waals surface area contributed by atoms with Crippen LogP contribution >= 0.6 is 11.6 Å². The zero-order chi connectivity index (χ0) is 18.1. The van der Waals surface area contributed by atoms with Gasteiger partial charge in [0, 0.05) is 37.2 Å². The Bertz CT molecular complexity index is 942. The quantitative estimate of drug-likeness (QED) is 0.761. The van der Waals surface area contributed by atoms with Crippen molar-refractivity contribution in [2.45, 2.75) is 0 Å². The van der Waals surface area contributed by atoms with Crippen molar-refractivity contribution in [2.75, 3.05) is 23.3 Å². The third-order valence-corrected chi connectivity index (χ3v) is 4.43. The number of nitrogens with zero attached hydrogens (tertiary/aromatic N) is 5. The summed E-state index contributed by atoms with van der Waals surface area (Å²) >= 11 is 5.73. The van der Waals surface area contributed by atoms with Crippen LogP contribution in [0.4, 0.5) is 15.9 Å². The summed E-state index contributed by atoms with van der Waals surface area (Å²) in [7, 11) is 0. The van der Waals surface area contributed by atoms with Crippen molar-refractivity contribution in [2.24, 2.45) is 5.92 Å². The number of anilines is 2. The molecule has 0 spiro atoms. The van der Waals surface area contributed by atoms with Crippen LogP contribution in [0.2, 0.25) is 5.02 Å². The highest BCUT2D eigenvalue weighted by molar-refractivity contribution is 6.31. The van der Waals surface area contributed by atoms with Crippen molar-refractivity contribution in [3.63, 3.8) is 0 Å². The van der Waals surface area contributed by atoms with Crippen LogP contribution in [0.25, 0.3) is 5.82 Å². The minimum Gasteiger partial charge on any atom is -0.355 e. The summed E-state index contributed by atoms with van der Waals surface area (Å²) < 4.78 is 14.8. The monoisotopic (exact) mass is 372 g/mol. The van der Waals surface area contributed by atoms with Crippen LogP contribution in [0.5, 0.6) is 0 Å². The summed E-state index contributed by atoms with van der Waals surface area (Å²) in [6.45, 7) is 1.08. The number of halogens is 2. The smallest absolute Gasteiger partial charge is 0.231 e. The Morgan fingerprint density at radius 2 is 2.04 bits per heavy atom. The summed E-state index contributed by atoms with van der Waals surface area (Å²) in [6, 6.07) is 7.74. The van der Waals surface area contributed by atoms with Gasteiger partial charge in [-0.05, 0) is 24.3 Å². The lowest BCUT2D eigenvalue weighted by atomic mass is 9.99. The molecule has 1 aliphatic rings. The largest absolute Gasteiger partial charge is 0.355 e. The fourth-order valence-electron chi connectivity index (χ4n) is 2.69. The molecule has 1 saturated heterocycles. The minimum absolute atomic E-state index is 0.0230. The number of benzene rings is 1. The molecule has 3 heterocycles. The first kappa shape index (κ1) is 16.5. The lowest BCUT2D eigenvalue weighted by molar-refractivity contribution is -0.120. The molecule has 1 fully saturated rings. The Kier molecular flexibility index (Phi) is 4.26. The molecule has 0 bridgehead atoms. The zero-order valence-electron chi connectivity index (χ0n) is 13.5. The van der Waals surface area contributed by atoms with Gasteiger partial charge in [0.05, 0.1) is 10.9 Å². The molecular weight excluding hydrogens is 359 g/mol. The molecule has 3 aromatic rings. The molecule has 1 N–H and O–H groups in total. The maximum Gasteiger partial charge on any atom is 0.231 e. The molecule has 0 atom stereocenters. The molecule has 0 aliphatic carbocycles. The Morgan fingerprint density at radius 3 is 2.77 bits per heavy atom. The average molecular weight is 373 g/mol. The number of amides is 1. The SMILES string of the molecule is O=C(Nc1ccc(F)c(Cl)c1)C1CN(c2cc(-n3cccn3)ncn2)C1. The normalized spacial score (nSPS) is 14.2. The molecule has 0 unspecified atom stereocenters. The molecule has 2 aromatic heterocycles. The first-order valence-electron chi connectivity index (χ1n) is 7.93. The van der Waals surface area contributed by atoms with Crippen LogP contribution in [0, 0.1) is 11.7 Å². The van der Waals surface area contributed by atoms with E-state index in [9.17, 15) is 9.18 Å². The number of aromatic nitrogens is 4. The summed E-state index contributed by atoms with van der Waals surface area (Å²) in [5, 5.41) is 6.87. The summed E-state index contributed by atoms with van der Waals surface area (Å²) in [6.07, 6.45) is 4.94. The molecule has 0 saturated carbocycles. The van der Waals surface area contributed by atoms with Gasteiger partial charge in [0.1, 0.15) is 18.0 Å². The van der Waals surface area contributed by atoms with Gasteiger partial charge in [0.15, 0.2) is 5.82 Å². The maximum absolute atomic E-state index is 13.2. The van der Waals surface area contributed by atoms with E-state index in [-0.39, 0.29) is 16.8 Å². The van der Waals surface area contributed by atoms with E-state index in [0.717, 1.165) is 5.82 Å². The molecule has 7 nitrogen and oxygen atoms in total. The fourth-order valence-corrected chi connectivity index (χ4v) is 2.87. The summed E-state index contributed by atoms with van der Waals surface area (Å²) in [5.41, 5.74) is 0.475. The van der Waals surface area contributed by atoms with Crippen LogP contribution in [-0.4, -0.2) is 38.7 Å². The standard InChI is InChI=1S/C17H14ClFN6O/c18-13-6-12(2-3-14(13)19)23-17(26)11-8-24(9-11)15-7-16(21-10-20-15)25-5-1-4-22-25/h1-7,10-11H,8-9H2,(H,23,26). The van der Waals surface area contributed by atoms with E-state index >= 15 is 0 Å². The Labute approximate surface area is 153 Å². The molecule has 9 heteroatoms. The number of hydrogen-bond donors (Lipinski definition) is 1. The van der Waals surface area contributed by atoms with Gasteiger partial charge >= 0.3 is 0 Å². The van der Waals surface area contributed by atoms with E-state index < -0.39 is 5.82 Å². The molecule has 1 amide bonds. The number of carbonyl (C=O) groups excluding carboxylic acids is 1. The van der Waals surface area contributed by atoms with E-state index in [1.165, 1.54) is 24.5 Å². The minimum atomic E-state index is -0.517. The van der Waals surface area contributed by atoms with Gasteiger partial charge in [-0.2, -0.15) is 5.10 Å². The van der Waals surface area contributed by atoms with Gasteiger partial charge in [-0.3, -0.25) is 4.79 Å². The topological polar surface area (TPSA) is 75.9 Å². The number of rotatable bonds is 4. The molecule has 1 aromatic carbocycles. The van der Waals surface area contributed by atoms with Gasteiger partial charge < -0.3 is 10.2 Å². The molecule has 26 heavy (non-hydrogen) atoms. The van der Waals surface area contributed by atoms with Crippen molar-refractivity contribution < 1.29 is 9.18 Å².